The molecule has 0 fully saturated rings. The van der Waals surface area contributed by atoms with Crippen molar-refractivity contribution >= 4 is 6.21 Å². The minimum atomic E-state index is 1.23. The van der Waals surface area contributed by atoms with Gasteiger partial charge in [-0.25, -0.2) is 0 Å². The maximum atomic E-state index is 2.98. The second-order valence-corrected chi connectivity index (χ2v) is 1.71. The lowest BCUT2D eigenvalue weighted by Crippen LogP contribution is -2.00. The minimum Gasteiger partial charge on any atom is -0.371 e. The molecule has 0 aliphatic carbocycles. The lowest BCUT2D eigenvalue weighted by Gasteiger charge is -2.02. The first-order valence-electron chi connectivity index (χ1n) is 2.76. The molecule has 46 valence electrons. The molecule has 0 spiro atoms. The predicted molar refractivity (Wildman–Crippen MR) is 36.3 cm³/mol. The highest BCUT2D eigenvalue weighted by Crippen LogP contribution is 1.88. The molecule has 0 amide bonds. The fraction of sp³-hybridized carbons (Fsp3) is 0.571. The highest BCUT2D eigenvalue weighted by molar-refractivity contribution is 5.47. The Morgan fingerprint density at radius 1 is 1.62 bits per heavy atom. The molecule has 0 aliphatic heterocycles. The number of nitrogens with zero attached hydrogens (tertiary/aromatic N) is 1. The first-order valence-corrected chi connectivity index (χ1v) is 2.76. The van der Waals surface area contributed by atoms with Crippen molar-refractivity contribution in [2.45, 2.75) is 20.8 Å². The van der Waals surface area contributed by atoms with Gasteiger partial charge in [0.1, 0.15) is 7.05 Å². The molecule has 0 bridgehead atoms. The zero-order valence-corrected chi connectivity index (χ0v) is 6.02. The van der Waals surface area contributed by atoms with Crippen LogP contribution in [0.1, 0.15) is 20.8 Å². The third-order valence-electron chi connectivity index (χ3n) is 1.28. The SMILES string of the molecule is C[C-]=[N+](C)C(C)=CC. The van der Waals surface area contributed by atoms with Gasteiger partial charge in [-0.3, -0.25) is 0 Å². The summed E-state index contributed by atoms with van der Waals surface area (Å²) in [4.78, 5) is 0. The predicted octanol–water partition coefficient (Wildman–Crippen LogP) is 1.52. The lowest BCUT2D eigenvalue weighted by molar-refractivity contribution is -0.438. The summed E-state index contributed by atoms with van der Waals surface area (Å²) in [7, 11) is 1.98. The Bertz CT molecular complexity index is 104. The molecule has 0 heterocycles. The van der Waals surface area contributed by atoms with Gasteiger partial charge in [-0.1, -0.05) is 13.8 Å². The monoisotopic (exact) mass is 111 g/mol. The van der Waals surface area contributed by atoms with E-state index in [-0.39, 0.29) is 0 Å². The molecule has 0 rings (SSSR count). The van der Waals surface area contributed by atoms with Crippen molar-refractivity contribution in [1.82, 2.24) is 0 Å². The van der Waals surface area contributed by atoms with Crippen LogP contribution in [0.2, 0.25) is 0 Å². The van der Waals surface area contributed by atoms with E-state index in [0.717, 1.165) is 0 Å². The third kappa shape index (κ3) is 1.92. The number of rotatable bonds is 1. The van der Waals surface area contributed by atoms with Crippen molar-refractivity contribution in [2.75, 3.05) is 7.05 Å². The van der Waals surface area contributed by atoms with E-state index in [0.29, 0.717) is 0 Å². The Morgan fingerprint density at radius 3 is 2.25 bits per heavy atom. The van der Waals surface area contributed by atoms with E-state index in [9.17, 15) is 0 Å². The first-order chi connectivity index (χ1) is 3.72. The van der Waals surface area contributed by atoms with Crippen LogP contribution in [0.5, 0.6) is 0 Å². The molecule has 0 atom stereocenters. The lowest BCUT2D eigenvalue weighted by atomic mass is 10.4. The van der Waals surface area contributed by atoms with Crippen molar-refractivity contribution < 1.29 is 4.58 Å². The third-order valence-corrected chi connectivity index (χ3v) is 1.28. The molecule has 8 heavy (non-hydrogen) atoms. The smallest absolute Gasteiger partial charge is 0.104 e. The van der Waals surface area contributed by atoms with Gasteiger partial charge >= 0.3 is 0 Å². The van der Waals surface area contributed by atoms with Gasteiger partial charge in [0.05, 0.1) is 0 Å². The number of allylic oxidation sites excluding steroid dienone is 2. The summed E-state index contributed by atoms with van der Waals surface area (Å²) in [6.07, 6.45) is 5.03. The molecule has 0 saturated heterocycles. The van der Waals surface area contributed by atoms with Crippen molar-refractivity contribution in [1.29, 1.82) is 0 Å². The number of hydrogen-bond acceptors (Lipinski definition) is 0. The molecule has 1 nitrogen and oxygen atoms in total. The van der Waals surface area contributed by atoms with E-state index in [1.54, 1.807) is 0 Å². The summed E-state index contributed by atoms with van der Waals surface area (Å²) in [5.41, 5.74) is 1.23. The fourth-order valence-corrected chi connectivity index (χ4v) is 0.370. The molecule has 1 heteroatoms. The van der Waals surface area contributed by atoms with E-state index in [1.165, 1.54) is 5.70 Å². The van der Waals surface area contributed by atoms with Crippen molar-refractivity contribution in [3.63, 3.8) is 0 Å². The van der Waals surface area contributed by atoms with Crippen molar-refractivity contribution in [2.24, 2.45) is 0 Å². The maximum Gasteiger partial charge on any atom is 0.104 e. The average Bonchev–Trinajstić information content (AvgIpc) is 1.84. The number of hydrogen-bond donors (Lipinski definition) is 0. The molecule has 0 aromatic carbocycles. The van der Waals surface area contributed by atoms with Crippen LogP contribution in [0.3, 0.4) is 0 Å². The largest absolute Gasteiger partial charge is 0.371 e. The zero-order chi connectivity index (χ0) is 6.57. The Morgan fingerprint density at radius 2 is 2.12 bits per heavy atom. The van der Waals surface area contributed by atoms with Crippen LogP contribution < -0.4 is 0 Å². The van der Waals surface area contributed by atoms with Gasteiger partial charge in [0.15, 0.2) is 0 Å². The van der Waals surface area contributed by atoms with Crippen LogP contribution in [-0.4, -0.2) is 17.8 Å². The van der Waals surface area contributed by atoms with Crippen LogP contribution in [0.4, 0.5) is 0 Å². The van der Waals surface area contributed by atoms with Crippen molar-refractivity contribution in [3.8, 4) is 0 Å². The Labute approximate surface area is 51.3 Å². The van der Waals surface area contributed by atoms with E-state index in [4.69, 9.17) is 0 Å². The fourth-order valence-electron chi connectivity index (χ4n) is 0.370. The Kier molecular flexibility index (Phi) is 3.16. The van der Waals surface area contributed by atoms with Gasteiger partial charge in [0, 0.05) is 11.9 Å². The van der Waals surface area contributed by atoms with Gasteiger partial charge in [0.2, 0.25) is 0 Å². The molecular weight excluding hydrogens is 98.1 g/mol. The van der Waals surface area contributed by atoms with Gasteiger partial charge in [0.25, 0.3) is 0 Å². The van der Waals surface area contributed by atoms with Crippen molar-refractivity contribution in [3.05, 3.63) is 11.8 Å². The molecule has 0 aliphatic rings. The van der Waals surface area contributed by atoms with E-state index in [2.05, 4.69) is 19.2 Å². The van der Waals surface area contributed by atoms with E-state index < -0.39 is 0 Å². The zero-order valence-electron chi connectivity index (χ0n) is 6.02. The normalized spacial score (nSPS) is 14.5. The molecular formula is C7H13N. The summed E-state index contributed by atoms with van der Waals surface area (Å²) in [5.74, 6) is 0. The summed E-state index contributed by atoms with van der Waals surface area (Å²) in [5, 5.41) is 0. The molecule has 0 saturated carbocycles. The first kappa shape index (κ1) is 7.41. The highest BCUT2D eigenvalue weighted by Gasteiger charge is 1.80. The van der Waals surface area contributed by atoms with Crippen LogP contribution in [0.25, 0.3) is 0 Å². The van der Waals surface area contributed by atoms with Crippen LogP contribution in [-0.2, 0) is 0 Å². The summed E-state index contributed by atoms with van der Waals surface area (Å²) >= 11 is 0. The molecule has 0 N–H and O–H groups in total. The molecule has 0 radical (unpaired) electrons. The van der Waals surface area contributed by atoms with Crippen LogP contribution >= 0.6 is 0 Å². The maximum absolute atomic E-state index is 2.98. The van der Waals surface area contributed by atoms with E-state index >= 15 is 0 Å². The average molecular weight is 111 g/mol. The van der Waals surface area contributed by atoms with Gasteiger partial charge < -0.3 is 4.58 Å². The quantitative estimate of drug-likeness (QED) is 0.274. The Hall–Kier alpha value is -0.590. The summed E-state index contributed by atoms with van der Waals surface area (Å²) in [6, 6.07) is 0. The van der Waals surface area contributed by atoms with Crippen LogP contribution in [0.15, 0.2) is 11.8 Å². The second-order valence-electron chi connectivity index (χ2n) is 1.71. The van der Waals surface area contributed by atoms with E-state index in [1.807, 2.05) is 25.5 Å². The van der Waals surface area contributed by atoms with Gasteiger partial charge in [-0.05, 0) is 6.92 Å². The van der Waals surface area contributed by atoms with Gasteiger partial charge in [-0.15, -0.1) is 6.08 Å². The molecule has 0 aromatic rings. The molecule has 0 aromatic heterocycles. The van der Waals surface area contributed by atoms with Crippen LogP contribution in [0, 0.1) is 0 Å². The standard InChI is InChI=1S/C7H13N/c1-5-7(3)8(4)6-2/h5H,1-4H3. The van der Waals surface area contributed by atoms with Gasteiger partial charge in [-0.2, -0.15) is 0 Å². The summed E-state index contributed by atoms with van der Waals surface area (Å²) in [6.45, 7) is 5.96. The second kappa shape index (κ2) is 3.42. The topological polar surface area (TPSA) is 3.01 Å². The molecule has 0 unspecified atom stereocenters. The minimum absolute atomic E-state index is 1.23. The Balaban J connectivity index is 4.04. The highest BCUT2D eigenvalue weighted by atomic mass is 15.0. The summed E-state index contributed by atoms with van der Waals surface area (Å²) < 4.78 is 1.96.